The summed E-state index contributed by atoms with van der Waals surface area (Å²) in [6, 6.07) is 20.7. The summed E-state index contributed by atoms with van der Waals surface area (Å²) in [5.74, 6) is -1.19. The summed E-state index contributed by atoms with van der Waals surface area (Å²) in [4.78, 5) is 38.9. The van der Waals surface area contributed by atoms with Crippen molar-refractivity contribution < 1.29 is 19.1 Å². The van der Waals surface area contributed by atoms with Gasteiger partial charge in [-0.1, -0.05) is 48.4 Å². The molecule has 0 fully saturated rings. The number of aryl methyl sites for hydroxylation is 2. The first kappa shape index (κ1) is 22.3. The number of nitrogens with zero attached hydrogens (tertiary/aromatic N) is 1. The van der Waals surface area contributed by atoms with E-state index >= 15 is 0 Å². The highest BCUT2D eigenvalue weighted by Crippen LogP contribution is 2.30. The number of benzene rings is 3. The normalized spacial score (nSPS) is 13.5. The van der Waals surface area contributed by atoms with Crippen molar-refractivity contribution in [1.29, 1.82) is 0 Å². The molecule has 0 atom stereocenters. The molecule has 1 heterocycles. The van der Waals surface area contributed by atoms with Crippen LogP contribution in [0.15, 0.2) is 83.5 Å². The number of anilines is 2. The summed E-state index contributed by atoms with van der Waals surface area (Å²) in [6.45, 7) is 3.97. The molecule has 2 amide bonds. The fourth-order valence-electron chi connectivity index (χ4n) is 3.33. The van der Waals surface area contributed by atoms with E-state index in [1.165, 1.54) is 0 Å². The Morgan fingerprint density at radius 1 is 0.909 bits per heavy atom. The van der Waals surface area contributed by atoms with Crippen LogP contribution in [0.4, 0.5) is 11.4 Å². The summed E-state index contributed by atoms with van der Waals surface area (Å²) in [5, 5.41) is 2.71. The number of nitrogens with one attached hydrogen (secondary N) is 1. The van der Waals surface area contributed by atoms with Crippen LogP contribution in [0.3, 0.4) is 0 Å². The van der Waals surface area contributed by atoms with Crippen LogP contribution >= 0.6 is 11.6 Å². The summed E-state index contributed by atoms with van der Waals surface area (Å²) in [6.07, 6.45) is 0.850. The van der Waals surface area contributed by atoms with Crippen molar-refractivity contribution >= 4 is 40.8 Å². The molecule has 3 aromatic carbocycles. The van der Waals surface area contributed by atoms with E-state index < -0.39 is 17.8 Å². The van der Waals surface area contributed by atoms with E-state index in [0.717, 1.165) is 22.4 Å². The minimum Gasteiger partial charge on any atom is -0.423 e. The van der Waals surface area contributed by atoms with Gasteiger partial charge >= 0.3 is 5.97 Å². The number of hydrogen-bond donors (Lipinski definition) is 1. The van der Waals surface area contributed by atoms with Crippen molar-refractivity contribution in [3.05, 3.63) is 100 Å². The topological polar surface area (TPSA) is 75.7 Å². The second-order valence-corrected chi connectivity index (χ2v) is 7.94. The van der Waals surface area contributed by atoms with E-state index in [1.807, 2.05) is 38.1 Å². The van der Waals surface area contributed by atoms with Crippen LogP contribution in [0.1, 0.15) is 28.4 Å². The molecule has 0 spiro atoms. The van der Waals surface area contributed by atoms with Gasteiger partial charge in [-0.05, 0) is 67.4 Å². The van der Waals surface area contributed by atoms with E-state index in [9.17, 15) is 14.4 Å². The minimum atomic E-state index is -0.591. The Kier molecular flexibility index (Phi) is 6.29. The third-order valence-corrected chi connectivity index (χ3v) is 5.60. The van der Waals surface area contributed by atoms with Gasteiger partial charge in [0.2, 0.25) is 0 Å². The molecule has 6 nitrogen and oxygen atoms in total. The van der Waals surface area contributed by atoms with Gasteiger partial charge < -0.3 is 10.1 Å². The average Bonchev–Trinajstić information content (AvgIpc) is 3.04. The summed E-state index contributed by atoms with van der Waals surface area (Å²) < 4.78 is 5.36. The Bertz CT molecular complexity index is 1250. The molecule has 0 aromatic heterocycles. The number of carbonyl (C=O) groups is 3. The fraction of sp³-hybridized carbons (Fsp3) is 0.115. The van der Waals surface area contributed by atoms with Crippen molar-refractivity contribution in [3.8, 4) is 5.75 Å². The first-order chi connectivity index (χ1) is 15.9. The molecular formula is C26H21ClN2O4. The number of hydrogen-bond acceptors (Lipinski definition) is 5. The minimum absolute atomic E-state index is 0.0174. The van der Waals surface area contributed by atoms with Crippen LogP contribution in [0, 0.1) is 6.92 Å². The van der Waals surface area contributed by atoms with Crippen LogP contribution in [-0.4, -0.2) is 17.8 Å². The van der Waals surface area contributed by atoms with Gasteiger partial charge in [0.05, 0.1) is 11.3 Å². The standard InChI is InChI=1S/C26H21ClN2O4/c1-3-17-6-12-20(13-7-17)29-24(30)22(27)23(25(29)31)28-19-10-8-18(9-11-19)26(32)33-21-14-4-16(2)5-15-21/h4-15,28H,3H2,1-2H3. The molecule has 1 N–H and O–H groups in total. The predicted molar refractivity (Wildman–Crippen MR) is 127 cm³/mol. The monoisotopic (exact) mass is 460 g/mol. The molecule has 4 rings (SSSR count). The Hall–Kier alpha value is -3.90. The molecule has 0 bridgehead atoms. The lowest BCUT2D eigenvalue weighted by atomic mass is 10.1. The lowest BCUT2D eigenvalue weighted by molar-refractivity contribution is -0.120. The Labute approximate surface area is 196 Å². The van der Waals surface area contributed by atoms with Gasteiger partial charge in [-0.2, -0.15) is 0 Å². The third kappa shape index (κ3) is 4.66. The van der Waals surface area contributed by atoms with Gasteiger partial charge in [0, 0.05) is 5.69 Å². The first-order valence-electron chi connectivity index (χ1n) is 10.4. The Morgan fingerprint density at radius 3 is 2.15 bits per heavy atom. The third-order valence-electron chi connectivity index (χ3n) is 5.25. The molecular weight excluding hydrogens is 440 g/mol. The second kappa shape index (κ2) is 9.30. The molecule has 0 saturated heterocycles. The highest BCUT2D eigenvalue weighted by molar-refractivity contribution is 6.53. The largest absolute Gasteiger partial charge is 0.423 e. The SMILES string of the molecule is CCc1ccc(N2C(=O)C(Cl)=C(Nc3ccc(C(=O)Oc4ccc(C)cc4)cc3)C2=O)cc1. The van der Waals surface area contributed by atoms with Crippen LogP contribution < -0.4 is 15.0 Å². The van der Waals surface area contributed by atoms with E-state index in [2.05, 4.69) is 5.32 Å². The zero-order valence-electron chi connectivity index (χ0n) is 18.1. The van der Waals surface area contributed by atoms with E-state index in [1.54, 1.807) is 48.5 Å². The molecule has 33 heavy (non-hydrogen) atoms. The number of amides is 2. The van der Waals surface area contributed by atoms with Gasteiger partial charge in [0.1, 0.15) is 16.5 Å². The number of imide groups is 1. The lowest BCUT2D eigenvalue weighted by Gasteiger charge is -2.15. The molecule has 0 saturated carbocycles. The Balaban J connectivity index is 1.46. The van der Waals surface area contributed by atoms with Crippen LogP contribution in [0.25, 0.3) is 0 Å². The maximum Gasteiger partial charge on any atom is 0.343 e. The van der Waals surface area contributed by atoms with Gasteiger partial charge in [-0.15, -0.1) is 0 Å². The number of rotatable bonds is 6. The molecule has 1 aliphatic rings. The summed E-state index contributed by atoms with van der Waals surface area (Å²) >= 11 is 6.19. The van der Waals surface area contributed by atoms with Gasteiger partial charge in [-0.3, -0.25) is 9.59 Å². The summed E-state index contributed by atoms with van der Waals surface area (Å²) in [7, 11) is 0. The van der Waals surface area contributed by atoms with Crippen LogP contribution in [0.5, 0.6) is 5.75 Å². The van der Waals surface area contributed by atoms with Crippen molar-refractivity contribution in [3.63, 3.8) is 0 Å². The number of esters is 1. The highest BCUT2D eigenvalue weighted by Gasteiger charge is 2.38. The van der Waals surface area contributed by atoms with E-state index in [0.29, 0.717) is 22.7 Å². The lowest BCUT2D eigenvalue weighted by Crippen LogP contribution is -2.32. The first-order valence-corrected chi connectivity index (χ1v) is 10.8. The smallest absolute Gasteiger partial charge is 0.343 e. The number of ether oxygens (including phenoxy) is 1. The van der Waals surface area contributed by atoms with Crippen molar-refractivity contribution in [2.75, 3.05) is 10.2 Å². The molecule has 7 heteroatoms. The van der Waals surface area contributed by atoms with Gasteiger partial charge in [-0.25, -0.2) is 9.69 Å². The van der Waals surface area contributed by atoms with E-state index in [4.69, 9.17) is 16.3 Å². The summed E-state index contributed by atoms with van der Waals surface area (Å²) in [5.41, 5.74) is 3.43. The van der Waals surface area contributed by atoms with Crippen molar-refractivity contribution in [1.82, 2.24) is 0 Å². The van der Waals surface area contributed by atoms with Gasteiger partial charge in [0.15, 0.2) is 0 Å². The molecule has 0 radical (unpaired) electrons. The Morgan fingerprint density at radius 2 is 1.55 bits per heavy atom. The zero-order valence-corrected chi connectivity index (χ0v) is 18.8. The quantitative estimate of drug-likeness (QED) is 0.310. The van der Waals surface area contributed by atoms with Gasteiger partial charge in [0.25, 0.3) is 11.8 Å². The molecule has 1 aliphatic heterocycles. The molecule has 3 aromatic rings. The maximum absolute atomic E-state index is 12.9. The zero-order chi connectivity index (χ0) is 23.5. The average molecular weight is 461 g/mol. The molecule has 166 valence electrons. The number of halogens is 1. The number of carbonyl (C=O) groups excluding carboxylic acids is 3. The van der Waals surface area contributed by atoms with Crippen molar-refractivity contribution in [2.45, 2.75) is 20.3 Å². The molecule has 0 unspecified atom stereocenters. The van der Waals surface area contributed by atoms with Crippen LogP contribution in [-0.2, 0) is 16.0 Å². The van der Waals surface area contributed by atoms with Crippen LogP contribution in [0.2, 0.25) is 0 Å². The highest BCUT2D eigenvalue weighted by atomic mass is 35.5. The second-order valence-electron chi connectivity index (χ2n) is 7.56. The van der Waals surface area contributed by atoms with Crippen molar-refractivity contribution in [2.24, 2.45) is 0 Å². The van der Waals surface area contributed by atoms with E-state index in [-0.39, 0.29) is 10.7 Å². The predicted octanol–water partition coefficient (Wildman–Crippen LogP) is 5.21. The maximum atomic E-state index is 12.9. The molecule has 0 aliphatic carbocycles. The fourth-order valence-corrected chi connectivity index (χ4v) is 3.55.